The van der Waals surface area contributed by atoms with Crippen LogP contribution in [-0.4, -0.2) is 15.4 Å². The number of anilines is 1. The zero-order chi connectivity index (χ0) is 15.1. The molecule has 0 aromatic heterocycles. The van der Waals surface area contributed by atoms with E-state index in [0.29, 0.717) is 22.2 Å². The van der Waals surface area contributed by atoms with Gasteiger partial charge in [-0.3, -0.25) is 4.79 Å². The topological polar surface area (TPSA) is 41.1 Å². The largest absolute Gasteiger partial charge is 0.331 e. The molecular weight excluding hydrogens is 362 g/mol. The highest BCUT2D eigenvalue weighted by Gasteiger charge is 2.68. The van der Waals surface area contributed by atoms with E-state index in [1.807, 2.05) is 0 Å². The summed E-state index contributed by atoms with van der Waals surface area (Å²) in [4.78, 5) is 12.0. The van der Waals surface area contributed by atoms with E-state index in [9.17, 15) is 4.79 Å². The first-order valence-electron chi connectivity index (χ1n) is 5.61. The maximum atomic E-state index is 12.0. The number of thiocarbonyl (C=S) groups is 1. The molecule has 108 valence electrons. The predicted molar refractivity (Wildman–Crippen MR) is 88.0 cm³/mol. The van der Waals surface area contributed by atoms with Crippen molar-refractivity contribution in [2.45, 2.75) is 17.7 Å². The predicted octanol–water partition coefficient (Wildman–Crippen LogP) is 4.39. The summed E-state index contributed by atoms with van der Waals surface area (Å²) in [5.74, 6) is -0.329. The summed E-state index contributed by atoms with van der Waals surface area (Å²) in [7, 11) is 0. The Hall–Kier alpha value is -0.260. The van der Waals surface area contributed by atoms with Crippen molar-refractivity contribution in [3.63, 3.8) is 0 Å². The number of hydrogen-bond acceptors (Lipinski definition) is 2. The Bertz CT molecular complexity index is 593. The molecule has 1 aliphatic rings. The molecular formula is C12H10Cl4N2OS. The van der Waals surface area contributed by atoms with Gasteiger partial charge in [-0.1, -0.05) is 23.2 Å². The molecule has 2 N–H and O–H groups in total. The van der Waals surface area contributed by atoms with E-state index < -0.39 is 9.75 Å². The van der Waals surface area contributed by atoms with Gasteiger partial charge in [-0.2, -0.15) is 0 Å². The molecule has 1 fully saturated rings. The van der Waals surface area contributed by atoms with Crippen molar-refractivity contribution < 1.29 is 4.79 Å². The summed E-state index contributed by atoms with van der Waals surface area (Å²) in [6, 6.07) is 4.89. The van der Waals surface area contributed by atoms with Crippen molar-refractivity contribution in [3.8, 4) is 0 Å². The summed E-state index contributed by atoms with van der Waals surface area (Å²) in [5, 5.41) is 6.40. The van der Waals surface area contributed by atoms with E-state index in [4.69, 9.17) is 58.6 Å². The van der Waals surface area contributed by atoms with Gasteiger partial charge in [0, 0.05) is 5.02 Å². The average molecular weight is 372 g/mol. The third-order valence-corrected chi connectivity index (χ3v) is 5.02. The van der Waals surface area contributed by atoms with Crippen molar-refractivity contribution in [2.24, 2.45) is 5.41 Å². The zero-order valence-electron chi connectivity index (χ0n) is 10.3. The van der Waals surface area contributed by atoms with Crippen LogP contribution >= 0.6 is 58.6 Å². The van der Waals surface area contributed by atoms with Crippen LogP contribution in [-0.2, 0) is 4.79 Å². The van der Waals surface area contributed by atoms with Crippen molar-refractivity contribution in [1.29, 1.82) is 0 Å². The van der Waals surface area contributed by atoms with Crippen LogP contribution in [0.15, 0.2) is 18.2 Å². The summed E-state index contributed by atoms with van der Waals surface area (Å²) in [6.07, 6.45) is 0.388. The Labute approximate surface area is 141 Å². The third kappa shape index (κ3) is 3.15. The van der Waals surface area contributed by atoms with Crippen LogP contribution in [0.4, 0.5) is 5.69 Å². The lowest BCUT2D eigenvalue weighted by molar-refractivity contribution is -0.124. The van der Waals surface area contributed by atoms with Crippen LogP contribution in [0.1, 0.15) is 13.3 Å². The molecule has 2 rings (SSSR count). The Morgan fingerprint density at radius 3 is 2.45 bits per heavy atom. The van der Waals surface area contributed by atoms with Gasteiger partial charge >= 0.3 is 0 Å². The average Bonchev–Trinajstić information content (AvgIpc) is 2.83. The van der Waals surface area contributed by atoms with Gasteiger partial charge in [-0.15, -0.1) is 23.2 Å². The molecule has 20 heavy (non-hydrogen) atoms. The number of benzene rings is 1. The number of carbonyl (C=O) groups excluding carboxylic acids is 1. The van der Waals surface area contributed by atoms with Crippen LogP contribution in [0.3, 0.4) is 0 Å². The molecule has 1 aliphatic carbocycles. The van der Waals surface area contributed by atoms with E-state index in [1.54, 1.807) is 25.1 Å². The van der Waals surface area contributed by atoms with Crippen LogP contribution < -0.4 is 10.6 Å². The maximum absolute atomic E-state index is 12.0. The highest BCUT2D eigenvalue weighted by Crippen LogP contribution is 2.63. The van der Waals surface area contributed by atoms with Crippen molar-refractivity contribution >= 4 is 75.3 Å². The molecule has 1 amide bonds. The number of nitrogens with one attached hydrogen (secondary N) is 2. The normalized spacial score (nSPS) is 23.1. The number of amides is 1. The van der Waals surface area contributed by atoms with Gasteiger partial charge in [0.05, 0.1) is 16.1 Å². The fourth-order valence-electron chi connectivity index (χ4n) is 1.63. The number of halogens is 4. The van der Waals surface area contributed by atoms with Crippen molar-refractivity contribution in [3.05, 3.63) is 28.2 Å². The van der Waals surface area contributed by atoms with Gasteiger partial charge in [-0.05, 0) is 43.8 Å². The molecule has 0 aliphatic heterocycles. The molecule has 0 bridgehead atoms. The van der Waals surface area contributed by atoms with E-state index in [-0.39, 0.29) is 11.0 Å². The quantitative estimate of drug-likeness (QED) is 0.598. The highest BCUT2D eigenvalue weighted by atomic mass is 35.5. The lowest BCUT2D eigenvalue weighted by atomic mass is 10.1. The second-order valence-corrected chi connectivity index (χ2v) is 7.48. The Balaban J connectivity index is 1.98. The summed E-state index contributed by atoms with van der Waals surface area (Å²) in [6.45, 7) is 1.68. The molecule has 0 radical (unpaired) electrons. The second-order valence-electron chi connectivity index (χ2n) is 4.75. The van der Waals surface area contributed by atoms with E-state index in [2.05, 4.69) is 10.6 Å². The van der Waals surface area contributed by atoms with Crippen LogP contribution in [0.5, 0.6) is 0 Å². The van der Waals surface area contributed by atoms with E-state index in [0.717, 1.165) is 0 Å². The van der Waals surface area contributed by atoms with Crippen molar-refractivity contribution in [1.82, 2.24) is 5.32 Å². The van der Waals surface area contributed by atoms with Crippen LogP contribution in [0.25, 0.3) is 0 Å². The second kappa shape index (κ2) is 5.50. The van der Waals surface area contributed by atoms with Gasteiger partial charge < -0.3 is 10.6 Å². The monoisotopic (exact) mass is 370 g/mol. The summed E-state index contributed by atoms with van der Waals surface area (Å²) >= 11 is 28.7. The van der Waals surface area contributed by atoms with Gasteiger partial charge in [0.1, 0.15) is 4.33 Å². The van der Waals surface area contributed by atoms with Crippen LogP contribution in [0.2, 0.25) is 10.0 Å². The minimum Gasteiger partial charge on any atom is -0.331 e. The smallest absolute Gasteiger partial charge is 0.235 e. The van der Waals surface area contributed by atoms with Gasteiger partial charge in [-0.25, -0.2) is 0 Å². The molecule has 1 aromatic carbocycles. The SMILES string of the molecule is CC1(C(=O)NC(=S)Nc2ccc(Cl)cc2Cl)CC1(Cl)Cl. The summed E-state index contributed by atoms with van der Waals surface area (Å²) < 4.78 is -1.04. The lowest BCUT2D eigenvalue weighted by Gasteiger charge is -2.15. The standard InChI is InChI=1S/C12H10Cl4N2OS/c1-11(5-12(11,15)16)9(19)18-10(20)17-8-3-2-6(13)4-7(8)14/h2-4H,5H2,1H3,(H2,17,18,19,20). The first-order chi connectivity index (χ1) is 9.15. The molecule has 1 unspecified atom stereocenters. The minimum atomic E-state index is -1.04. The fraction of sp³-hybridized carbons (Fsp3) is 0.333. The van der Waals surface area contributed by atoms with Crippen molar-refractivity contribution in [2.75, 3.05) is 5.32 Å². The first-order valence-corrected chi connectivity index (χ1v) is 7.53. The molecule has 3 nitrogen and oxygen atoms in total. The van der Waals surface area contributed by atoms with Gasteiger partial charge in [0.2, 0.25) is 5.91 Å². The Morgan fingerprint density at radius 1 is 1.35 bits per heavy atom. The molecule has 1 aromatic rings. The van der Waals surface area contributed by atoms with E-state index >= 15 is 0 Å². The fourth-order valence-corrected chi connectivity index (χ4v) is 3.00. The zero-order valence-corrected chi connectivity index (χ0v) is 14.1. The number of alkyl halides is 2. The number of hydrogen-bond donors (Lipinski definition) is 2. The third-order valence-electron chi connectivity index (χ3n) is 3.17. The van der Waals surface area contributed by atoms with Crippen LogP contribution in [0, 0.1) is 5.41 Å². The van der Waals surface area contributed by atoms with E-state index in [1.165, 1.54) is 0 Å². The molecule has 8 heteroatoms. The van der Waals surface area contributed by atoms with Gasteiger partial charge in [0.15, 0.2) is 5.11 Å². The number of carbonyl (C=O) groups is 1. The van der Waals surface area contributed by atoms with Gasteiger partial charge in [0.25, 0.3) is 0 Å². The molecule has 0 heterocycles. The lowest BCUT2D eigenvalue weighted by Crippen LogP contribution is -2.40. The minimum absolute atomic E-state index is 0.122. The number of rotatable bonds is 2. The first kappa shape index (κ1) is 16.1. The Morgan fingerprint density at radius 2 is 1.95 bits per heavy atom. The Kier molecular flexibility index (Phi) is 4.43. The highest BCUT2D eigenvalue weighted by molar-refractivity contribution is 7.80. The molecule has 0 saturated heterocycles. The summed E-state index contributed by atoms with van der Waals surface area (Å²) in [5.41, 5.74) is -0.281. The molecule has 1 saturated carbocycles. The molecule has 1 atom stereocenters. The molecule has 0 spiro atoms. The maximum Gasteiger partial charge on any atom is 0.235 e.